The quantitative estimate of drug-likeness (QED) is 0.626. The van der Waals surface area contributed by atoms with E-state index in [4.69, 9.17) is 10.00 Å². The molecule has 8 nitrogen and oxygen atoms in total. The number of imide groups is 1. The first-order chi connectivity index (χ1) is 13.6. The first-order valence-electron chi connectivity index (χ1n) is 9.20. The summed E-state index contributed by atoms with van der Waals surface area (Å²) in [5, 5.41) is 13.7. The molecule has 0 bridgehead atoms. The van der Waals surface area contributed by atoms with Crippen LogP contribution >= 0.6 is 11.8 Å². The topological polar surface area (TPSA) is 112 Å². The number of carbonyl (C=O) groups excluding carboxylic acids is 3. The molecular formula is C19H22N4O4S. The van der Waals surface area contributed by atoms with E-state index in [0.29, 0.717) is 31.9 Å². The van der Waals surface area contributed by atoms with Gasteiger partial charge in [-0.15, -0.1) is 0 Å². The fraction of sp³-hybridized carbons (Fsp3) is 0.474. The maximum atomic E-state index is 12.1. The molecule has 28 heavy (non-hydrogen) atoms. The second-order valence-corrected chi connectivity index (χ2v) is 7.81. The summed E-state index contributed by atoms with van der Waals surface area (Å²) in [6.45, 7) is 1.76. The molecule has 0 aliphatic carbocycles. The van der Waals surface area contributed by atoms with Crippen LogP contribution in [0, 0.1) is 11.3 Å². The number of nitrogens with zero attached hydrogens (tertiary/aromatic N) is 2. The Labute approximate surface area is 167 Å². The van der Waals surface area contributed by atoms with Gasteiger partial charge >= 0.3 is 0 Å². The molecule has 148 valence electrons. The average Bonchev–Trinajstić information content (AvgIpc) is 3.28. The molecule has 9 heteroatoms. The lowest BCUT2D eigenvalue weighted by molar-refractivity contribution is -0.130. The van der Waals surface area contributed by atoms with Gasteiger partial charge in [-0.05, 0) is 37.0 Å². The standard InChI is InChI=1S/C19H22N4O4S/c20-11-14-2-1-8-23(14)17(24)12-21-7-9-27-15-5-3-13(4-6-15)10-16-18(25)22-19(26)28-16/h3-6,14,16,21H,1-2,7-10,12H2,(H,22,25,26)/t14-,16?/m0/s1. The van der Waals surface area contributed by atoms with Crippen molar-refractivity contribution in [3.8, 4) is 11.8 Å². The second kappa shape index (κ2) is 9.57. The van der Waals surface area contributed by atoms with E-state index in [2.05, 4.69) is 16.7 Å². The summed E-state index contributed by atoms with van der Waals surface area (Å²) in [6.07, 6.45) is 2.12. The van der Waals surface area contributed by atoms with Gasteiger partial charge in [-0.3, -0.25) is 19.7 Å². The van der Waals surface area contributed by atoms with Gasteiger partial charge in [-0.25, -0.2) is 0 Å². The van der Waals surface area contributed by atoms with E-state index >= 15 is 0 Å². The van der Waals surface area contributed by atoms with Crippen LogP contribution in [0.25, 0.3) is 0 Å². The molecular weight excluding hydrogens is 380 g/mol. The van der Waals surface area contributed by atoms with Gasteiger partial charge < -0.3 is 15.0 Å². The molecule has 1 unspecified atom stereocenters. The fourth-order valence-electron chi connectivity index (χ4n) is 3.20. The van der Waals surface area contributed by atoms with Crippen LogP contribution in [0.2, 0.25) is 0 Å². The number of nitriles is 1. The largest absolute Gasteiger partial charge is 0.492 e. The molecule has 2 atom stereocenters. The van der Waals surface area contributed by atoms with Crippen molar-refractivity contribution in [1.29, 1.82) is 5.26 Å². The minimum atomic E-state index is -0.378. The van der Waals surface area contributed by atoms with Gasteiger partial charge in [-0.2, -0.15) is 5.26 Å². The normalized spacial score (nSPS) is 21.5. The lowest BCUT2D eigenvalue weighted by Crippen LogP contribution is -2.41. The SMILES string of the molecule is N#C[C@@H]1CCCN1C(=O)CNCCOc1ccc(CC2SC(=O)NC2=O)cc1. The Morgan fingerprint density at radius 1 is 1.36 bits per heavy atom. The molecule has 2 aliphatic rings. The lowest BCUT2D eigenvalue weighted by Gasteiger charge is -2.19. The van der Waals surface area contributed by atoms with E-state index < -0.39 is 0 Å². The first-order valence-corrected chi connectivity index (χ1v) is 10.1. The summed E-state index contributed by atoms with van der Waals surface area (Å²) in [5.41, 5.74) is 0.955. The third-order valence-corrected chi connectivity index (χ3v) is 5.64. The Kier molecular flexibility index (Phi) is 6.90. The van der Waals surface area contributed by atoms with E-state index in [9.17, 15) is 14.4 Å². The van der Waals surface area contributed by atoms with Crippen molar-refractivity contribution in [3.63, 3.8) is 0 Å². The van der Waals surface area contributed by atoms with Crippen molar-refractivity contribution < 1.29 is 19.1 Å². The van der Waals surface area contributed by atoms with Crippen LogP contribution in [0.15, 0.2) is 24.3 Å². The van der Waals surface area contributed by atoms with Crippen LogP contribution in [0.3, 0.4) is 0 Å². The summed E-state index contributed by atoms with van der Waals surface area (Å²) in [7, 11) is 0. The number of ether oxygens (including phenoxy) is 1. The molecule has 1 aromatic rings. The molecule has 0 spiro atoms. The zero-order chi connectivity index (χ0) is 19.9. The van der Waals surface area contributed by atoms with Crippen molar-refractivity contribution in [3.05, 3.63) is 29.8 Å². The number of rotatable bonds is 8. The lowest BCUT2D eigenvalue weighted by atomic mass is 10.1. The third kappa shape index (κ3) is 5.24. The van der Waals surface area contributed by atoms with Crippen LogP contribution in [0.1, 0.15) is 18.4 Å². The highest BCUT2D eigenvalue weighted by Crippen LogP contribution is 2.23. The molecule has 1 aromatic carbocycles. The Hall–Kier alpha value is -2.57. The molecule has 3 amide bonds. The fourth-order valence-corrected chi connectivity index (χ4v) is 4.06. The van der Waals surface area contributed by atoms with Gasteiger partial charge in [0.1, 0.15) is 18.4 Å². The minimum Gasteiger partial charge on any atom is -0.492 e. The number of carbonyl (C=O) groups is 3. The molecule has 2 fully saturated rings. The zero-order valence-electron chi connectivity index (χ0n) is 15.3. The Balaban J connectivity index is 1.34. The zero-order valence-corrected chi connectivity index (χ0v) is 16.2. The molecule has 2 saturated heterocycles. The van der Waals surface area contributed by atoms with Gasteiger partial charge in [0, 0.05) is 13.1 Å². The van der Waals surface area contributed by atoms with Gasteiger partial charge in [-0.1, -0.05) is 23.9 Å². The van der Waals surface area contributed by atoms with Crippen molar-refractivity contribution >= 4 is 28.8 Å². The molecule has 2 N–H and O–H groups in total. The van der Waals surface area contributed by atoms with Crippen LogP contribution in [0.5, 0.6) is 5.75 Å². The van der Waals surface area contributed by atoms with E-state index in [1.807, 2.05) is 24.3 Å². The van der Waals surface area contributed by atoms with E-state index in [-0.39, 0.29) is 34.9 Å². The summed E-state index contributed by atoms with van der Waals surface area (Å²) in [6, 6.07) is 9.26. The molecule has 0 radical (unpaired) electrons. The first kappa shape index (κ1) is 20.2. The summed E-state index contributed by atoms with van der Waals surface area (Å²) < 4.78 is 5.64. The molecule has 3 rings (SSSR count). The number of hydrogen-bond acceptors (Lipinski definition) is 7. The molecule has 2 aliphatic heterocycles. The Bertz CT molecular complexity index is 777. The highest BCUT2D eigenvalue weighted by Gasteiger charge is 2.31. The second-order valence-electron chi connectivity index (χ2n) is 6.63. The van der Waals surface area contributed by atoms with Crippen molar-refractivity contribution in [1.82, 2.24) is 15.5 Å². The number of nitrogens with one attached hydrogen (secondary N) is 2. The Morgan fingerprint density at radius 2 is 2.14 bits per heavy atom. The predicted octanol–water partition coefficient (Wildman–Crippen LogP) is 1.06. The number of hydrogen-bond donors (Lipinski definition) is 2. The van der Waals surface area contributed by atoms with Crippen LogP contribution in [-0.4, -0.2) is 59.5 Å². The number of likely N-dealkylation sites (tertiary alicyclic amines) is 1. The summed E-state index contributed by atoms with van der Waals surface area (Å²) in [5.74, 6) is 0.396. The van der Waals surface area contributed by atoms with Crippen LogP contribution in [-0.2, 0) is 16.0 Å². The molecule has 2 heterocycles. The molecule has 0 aromatic heterocycles. The third-order valence-electron chi connectivity index (χ3n) is 4.66. The van der Waals surface area contributed by atoms with E-state index in [0.717, 1.165) is 30.2 Å². The minimum absolute atomic E-state index is 0.0549. The molecule has 0 saturated carbocycles. The van der Waals surface area contributed by atoms with Crippen LogP contribution < -0.4 is 15.4 Å². The van der Waals surface area contributed by atoms with Gasteiger partial charge in [0.15, 0.2) is 0 Å². The van der Waals surface area contributed by atoms with Gasteiger partial charge in [0.2, 0.25) is 11.8 Å². The highest BCUT2D eigenvalue weighted by molar-refractivity contribution is 8.15. The van der Waals surface area contributed by atoms with Gasteiger partial charge in [0.05, 0.1) is 17.9 Å². The summed E-state index contributed by atoms with van der Waals surface area (Å²) >= 11 is 1.02. The van der Waals surface area contributed by atoms with E-state index in [1.165, 1.54) is 0 Å². The Morgan fingerprint density at radius 3 is 2.82 bits per heavy atom. The number of benzene rings is 1. The van der Waals surface area contributed by atoms with Crippen molar-refractivity contribution in [2.75, 3.05) is 26.2 Å². The van der Waals surface area contributed by atoms with Crippen LogP contribution in [0.4, 0.5) is 4.79 Å². The van der Waals surface area contributed by atoms with Gasteiger partial charge in [0.25, 0.3) is 5.24 Å². The average molecular weight is 402 g/mol. The van der Waals surface area contributed by atoms with Crippen molar-refractivity contribution in [2.24, 2.45) is 0 Å². The smallest absolute Gasteiger partial charge is 0.286 e. The number of amides is 3. The summed E-state index contributed by atoms with van der Waals surface area (Å²) in [4.78, 5) is 36.5. The highest BCUT2D eigenvalue weighted by atomic mass is 32.2. The maximum absolute atomic E-state index is 12.1. The number of thioether (sulfide) groups is 1. The predicted molar refractivity (Wildman–Crippen MR) is 104 cm³/mol. The van der Waals surface area contributed by atoms with E-state index in [1.54, 1.807) is 4.90 Å². The monoisotopic (exact) mass is 402 g/mol. The van der Waals surface area contributed by atoms with Crippen molar-refractivity contribution in [2.45, 2.75) is 30.6 Å². The maximum Gasteiger partial charge on any atom is 0.286 e.